The maximum Gasteiger partial charge on any atom is 0.187 e. The molecule has 0 spiro atoms. The Morgan fingerprint density at radius 3 is 1.98 bits per heavy atom. The number of aliphatic hydroxyl groups excluding tert-OH is 10. The van der Waals surface area contributed by atoms with Crippen molar-refractivity contribution in [3.63, 3.8) is 0 Å². The molecule has 4 aliphatic heterocycles. The van der Waals surface area contributed by atoms with Crippen molar-refractivity contribution < 1.29 is 89.3 Å². The Balaban J connectivity index is 0.868. The molecule has 8 fully saturated rings. The van der Waals surface area contributed by atoms with E-state index in [4.69, 9.17) is 33.2 Å². The van der Waals surface area contributed by atoms with Gasteiger partial charge in [-0.25, -0.2) is 0 Å². The summed E-state index contributed by atoms with van der Waals surface area (Å²) in [6, 6.07) is 0. The van der Waals surface area contributed by atoms with Gasteiger partial charge in [0.2, 0.25) is 0 Å². The Morgan fingerprint density at radius 1 is 0.651 bits per heavy atom. The molecule has 0 aromatic heterocycles. The molecular weight excluding hydrogens is 828 g/mol. The lowest BCUT2D eigenvalue weighted by Gasteiger charge is -2.61. The van der Waals surface area contributed by atoms with Crippen LogP contribution in [0.15, 0.2) is 0 Å². The van der Waals surface area contributed by atoms with Gasteiger partial charge >= 0.3 is 0 Å². The molecule has 3 unspecified atom stereocenters. The second kappa shape index (κ2) is 18.6. The molecule has 18 nitrogen and oxygen atoms in total. The van der Waals surface area contributed by atoms with E-state index < -0.39 is 111 Å². The number of fused-ring (bicyclic) bond motifs is 7. The molecule has 27 atom stereocenters. The summed E-state index contributed by atoms with van der Waals surface area (Å²) in [5.74, 6) is 0.658. The number of ether oxygens (including phenoxy) is 7. The average molecular weight is 905 g/mol. The van der Waals surface area contributed by atoms with Crippen LogP contribution in [0.2, 0.25) is 0 Å². The number of aliphatic hydroxyl groups is 11. The van der Waals surface area contributed by atoms with Crippen molar-refractivity contribution in [2.75, 3.05) is 19.8 Å². The topological polar surface area (TPSA) is 287 Å². The highest BCUT2D eigenvalue weighted by Gasteiger charge is 2.68. The van der Waals surface area contributed by atoms with Crippen LogP contribution in [0.1, 0.15) is 98.8 Å². The minimum Gasteiger partial charge on any atom is -0.394 e. The molecule has 0 amide bonds. The van der Waals surface area contributed by atoms with E-state index in [0.717, 1.165) is 51.4 Å². The van der Waals surface area contributed by atoms with Crippen molar-refractivity contribution in [3.05, 3.63) is 0 Å². The van der Waals surface area contributed by atoms with E-state index in [1.807, 2.05) is 6.92 Å². The smallest absolute Gasteiger partial charge is 0.187 e. The Morgan fingerprint density at radius 2 is 1.29 bits per heavy atom. The molecule has 8 aliphatic rings. The fourth-order valence-electron chi connectivity index (χ4n) is 14.1. The first-order valence-corrected chi connectivity index (χ1v) is 23.7. The molecule has 11 N–H and O–H groups in total. The van der Waals surface area contributed by atoms with E-state index in [1.165, 1.54) is 6.92 Å². The first-order valence-electron chi connectivity index (χ1n) is 23.7. The van der Waals surface area contributed by atoms with Crippen molar-refractivity contribution in [2.24, 2.45) is 52.3 Å². The third kappa shape index (κ3) is 8.60. The summed E-state index contributed by atoms with van der Waals surface area (Å²) in [5, 5.41) is 115. The Bertz CT molecular complexity index is 1540. The van der Waals surface area contributed by atoms with Gasteiger partial charge in [0, 0.05) is 12.3 Å². The molecule has 63 heavy (non-hydrogen) atoms. The molecule has 0 bridgehead atoms. The standard InChI is InChI=1S/C45H76O18/c1-19(18-57-40-37(54)35(52)32(49)28(16-46)60-40)8-13-45(56)20(2)30-27(63-45)15-26-24-7-6-22-14-23(9-11-43(22,4)25(24)10-12-44(26,30)5)59-42-39(36(53)33(50)29(17-47)61-42)62-41-38(55)34(51)31(48)21(3)58-41/h19-42,46-56H,6-18H2,1-5H3/t19?,20-,21-,22-,23?,24+,25-,26-,27-,28+,29+,30-,31-,32+,33+,34+,35-,36-,37+,38+,39+,40+,41-,42+,43-,44-,45?/m0/s1. The number of rotatable bonds is 12. The van der Waals surface area contributed by atoms with Crippen LogP contribution in [0.4, 0.5) is 0 Å². The largest absolute Gasteiger partial charge is 0.394 e. The summed E-state index contributed by atoms with van der Waals surface area (Å²) in [5.41, 5.74) is 0.0866. The molecule has 4 saturated carbocycles. The molecular formula is C45H76O18. The summed E-state index contributed by atoms with van der Waals surface area (Å²) in [4.78, 5) is 0. The van der Waals surface area contributed by atoms with Gasteiger partial charge in [0.1, 0.15) is 67.1 Å². The second-order valence-corrected chi connectivity index (χ2v) is 21.4. The highest BCUT2D eigenvalue weighted by molar-refractivity contribution is 5.15. The summed E-state index contributed by atoms with van der Waals surface area (Å²) in [6.07, 6.45) is -12.1. The molecule has 4 aliphatic carbocycles. The molecule has 4 saturated heterocycles. The summed E-state index contributed by atoms with van der Waals surface area (Å²) < 4.78 is 42.2. The van der Waals surface area contributed by atoms with Crippen LogP contribution in [0.3, 0.4) is 0 Å². The fourth-order valence-corrected chi connectivity index (χ4v) is 14.1. The minimum absolute atomic E-state index is 0.0145. The number of hydrogen-bond donors (Lipinski definition) is 11. The summed E-state index contributed by atoms with van der Waals surface area (Å²) in [7, 11) is 0. The van der Waals surface area contributed by atoms with E-state index in [2.05, 4.69) is 20.8 Å². The fraction of sp³-hybridized carbons (Fsp3) is 1.00. The Hall–Kier alpha value is -0.720. The summed E-state index contributed by atoms with van der Waals surface area (Å²) >= 11 is 0. The lowest BCUT2D eigenvalue weighted by Crippen LogP contribution is -2.64. The van der Waals surface area contributed by atoms with Crippen molar-refractivity contribution in [1.29, 1.82) is 0 Å². The van der Waals surface area contributed by atoms with Gasteiger partial charge in [-0.2, -0.15) is 0 Å². The van der Waals surface area contributed by atoms with Crippen LogP contribution in [0.25, 0.3) is 0 Å². The van der Waals surface area contributed by atoms with E-state index in [0.29, 0.717) is 36.5 Å². The van der Waals surface area contributed by atoms with Crippen molar-refractivity contribution in [3.8, 4) is 0 Å². The molecule has 4 heterocycles. The zero-order valence-corrected chi connectivity index (χ0v) is 37.3. The first kappa shape index (κ1) is 48.7. The maximum absolute atomic E-state index is 12.1. The molecule has 0 radical (unpaired) electrons. The zero-order valence-electron chi connectivity index (χ0n) is 37.3. The van der Waals surface area contributed by atoms with E-state index >= 15 is 0 Å². The summed E-state index contributed by atoms with van der Waals surface area (Å²) in [6.45, 7) is 9.57. The highest BCUT2D eigenvalue weighted by Crippen LogP contribution is 2.71. The second-order valence-electron chi connectivity index (χ2n) is 21.4. The van der Waals surface area contributed by atoms with Gasteiger partial charge in [0.15, 0.2) is 24.7 Å². The molecule has 18 heteroatoms. The van der Waals surface area contributed by atoms with Gasteiger partial charge in [-0.15, -0.1) is 0 Å². The van der Waals surface area contributed by atoms with Crippen LogP contribution in [-0.4, -0.2) is 186 Å². The predicted octanol–water partition coefficient (Wildman–Crippen LogP) is -0.752. The molecule has 0 aromatic carbocycles. The molecule has 8 rings (SSSR count). The molecule has 364 valence electrons. The van der Waals surface area contributed by atoms with Gasteiger partial charge in [-0.3, -0.25) is 0 Å². The SMILES string of the molecule is CC(CCC1(O)O[C@H]2C[C@H]3[C@@H]4CC[C@H]5CC(O[C@@H]6O[C@H](CO)[C@@H](O)[C@H](O)[C@H]6O[C@@H]6O[C@@H](C)[C@H](O)[C@@H](O)[C@H]6O)CC[C@]5(C)[C@H]4CC[C@]3(C)[C@H]2[C@@H]1C)CO[C@@H]1O[C@H](CO)[C@@H](O)[C@H](O)[C@H]1O. The number of hydrogen-bond acceptors (Lipinski definition) is 18. The normalized spacial score (nSPS) is 56.3. The van der Waals surface area contributed by atoms with Crippen molar-refractivity contribution in [1.82, 2.24) is 0 Å². The average Bonchev–Trinajstić information content (AvgIpc) is 3.70. The minimum atomic E-state index is -1.64. The van der Waals surface area contributed by atoms with Crippen LogP contribution in [0, 0.1) is 52.3 Å². The lowest BCUT2D eigenvalue weighted by molar-refractivity contribution is -0.371. The quantitative estimate of drug-likeness (QED) is 0.107. The zero-order chi connectivity index (χ0) is 45.5. The van der Waals surface area contributed by atoms with Crippen molar-refractivity contribution in [2.45, 2.75) is 209 Å². The van der Waals surface area contributed by atoms with E-state index in [-0.39, 0.29) is 47.4 Å². The first-order chi connectivity index (χ1) is 29.8. The van der Waals surface area contributed by atoms with Crippen LogP contribution < -0.4 is 0 Å². The van der Waals surface area contributed by atoms with E-state index in [1.54, 1.807) is 0 Å². The Labute approximate surface area is 369 Å². The van der Waals surface area contributed by atoms with Crippen LogP contribution >= 0.6 is 0 Å². The third-order valence-corrected chi connectivity index (χ3v) is 17.9. The van der Waals surface area contributed by atoms with Gasteiger partial charge in [-0.1, -0.05) is 27.7 Å². The van der Waals surface area contributed by atoms with Gasteiger partial charge in [0.25, 0.3) is 0 Å². The van der Waals surface area contributed by atoms with Crippen LogP contribution in [-0.2, 0) is 33.2 Å². The lowest BCUT2D eigenvalue weighted by atomic mass is 9.44. The third-order valence-electron chi connectivity index (χ3n) is 17.9. The highest BCUT2D eigenvalue weighted by atomic mass is 16.8. The van der Waals surface area contributed by atoms with Gasteiger partial charge < -0.3 is 89.3 Å². The van der Waals surface area contributed by atoms with Crippen LogP contribution in [0.5, 0.6) is 0 Å². The molecule has 0 aromatic rings. The monoisotopic (exact) mass is 905 g/mol. The van der Waals surface area contributed by atoms with Crippen molar-refractivity contribution >= 4 is 0 Å². The maximum atomic E-state index is 12.1. The van der Waals surface area contributed by atoms with Gasteiger partial charge in [0.05, 0.1) is 38.1 Å². The van der Waals surface area contributed by atoms with Gasteiger partial charge in [-0.05, 0) is 111 Å². The predicted molar refractivity (Wildman–Crippen MR) is 218 cm³/mol. The van der Waals surface area contributed by atoms with E-state index in [9.17, 15) is 56.2 Å². The Kier molecular flexibility index (Phi) is 14.4.